The number of carbonyl (C=O) groups excluding carboxylic acids is 2. The van der Waals surface area contributed by atoms with Gasteiger partial charge in [-0.05, 0) is 94.0 Å². The zero-order valence-electron chi connectivity index (χ0n) is 28.1. The fourth-order valence-electron chi connectivity index (χ4n) is 7.40. The molecule has 1 fully saturated rings. The standard InChI is InChI=1S/C38H32FN7O5/c1-20(25-13-9-22(18-40)19-41-25)46-27-15-10-23(17-29(27)51-38(2,3)36(46)48)30-31(34-43-44-37(49)50-34)26(14-8-21-6-11-24(39)12-7-21)42-33-28-5-4-16-45(28)35(47)32(30)33/h6-7,9-13,15,17,19-20,28H,4-5,8,14,16H2,1-3H3,(H,44,49)/t20-,28-/m1/s1. The summed E-state index contributed by atoms with van der Waals surface area (Å²) in [5, 5.41) is 15.8. The number of anilines is 1. The predicted molar refractivity (Wildman–Crippen MR) is 182 cm³/mol. The van der Waals surface area contributed by atoms with Crippen LogP contribution in [-0.4, -0.2) is 49.0 Å². The van der Waals surface area contributed by atoms with Gasteiger partial charge in [0.05, 0.1) is 51.5 Å². The summed E-state index contributed by atoms with van der Waals surface area (Å²) in [7, 11) is 0. The fraction of sp³-hybridized carbons (Fsp3) is 0.289. The molecule has 5 aromatic rings. The lowest BCUT2D eigenvalue weighted by Gasteiger charge is -2.41. The molecule has 6 heterocycles. The Hall–Kier alpha value is -6.16. The molecule has 3 aliphatic heterocycles. The van der Waals surface area contributed by atoms with Gasteiger partial charge in [0, 0.05) is 18.3 Å². The second-order valence-corrected chi connectivity index (χ2v) is 13.5. The summed E-state index contributed by atoms with van der Waals surface area (Å²) in [4.78, 5) is 53.4. The van der Waals surface area contributed by atoms with Crippen molar-refractivity contribution in [3.63, 3.8) is 0 Å². The highest BCUT2D eigenvalue weighted by Crippen LogP contribution is 2.50. The van der Waals surface area contributed by atoms with E-state index in [0.717, 1.165) is 18.4 Å². The number of H-pyrrole nitrogens is 1. The van der Waals surface area contributed by atoms with Crippen molar-refractivity contribution in [1.82, 2.24) is 25.1 Å². The van der Waals surface area contributed by atoms with E-state index in [2.05, 4.69) is 21.3 Å². The molecule has 12 nitrogen and oxygen atoms in total. The van der Waals surface area contributed by atoms with Gasteiger partial charge in [-0.15, -0.1) is 5.10 Å². The van der Waals surface area contributed by atoms with Crippen molar-refractivity contribution in [3.8, 4) is 34.4 Å². The van der Waals surface area contributed by atoms with Crippen molar-refractivity contribution in [3.05, 3.63) is 111 Å². The number of amides is 2. The zero-order valence-corrected chi connectivity index (χ0v) is 28.1. The minimum atomic E-state index is -1.26. The Labute approximate surface area is 291 Å². The van der Waals surface area contributed by atoms with Crippen molar-refractivity contribution in [1.29, 1.82) is 5.26 Å². The molecule has 0 spiro atoms. The number of rotatable bonds is 7. The summed E-state index contributed by atoms with van der Waals surface area (Å²) in [6.07, 6.45) is 3.96. The molecule has 3 aromatic heterocycles. The van der Waals surface area contributed by atoms with Crippen LogP contribution in [0.3, 0.4) is 0 Å². The third kappa shape index (κ3) is 5.34. The van der Waals surface area contributed by atoms with Gasteiger partial charge in [0.25, 0.3) is 17.7 Å². The lowest BCUT2D eigenvalue weighted by atomic mass is 9.89. The highest BCUT2D eigenvalue weighted by molar-refractivity contribution is 6.09. The average molecular weight is 686 g/mol. The topological polar surface area (TPSA) is 158 Å². The number of fused-ring (bicyclic) bond motifs is 4. The molecule has 2 atom stereocenters. The first-order chi connectivity index (χ1) is 24.5. The van der Waals surface area contributed by atoms with Crippen molar-refractivity contribution >= 4 is 17.5 Å². The van der Waals surface area contributed by atoms with Gasteiger partial charge in [-0.25, -0.2) is 14.3 Å². The number of carbonyl (C=O) groups is 2. The molecule has 3 aliphatic rings. The van der Waals surface area contributed by atoms with Crippen LogP contribution >= 0.6 is 0 Å². The molecule has 256 valence electrons. The van der Waals surface area contributed by atoms with E-state index in [4.69, 9.17) is 14.1 Å². The number of hydrogen-bond acceptors (Lipinski definition) is 9. The third-order valence-corrected chi connectivity index (χ3v) is 9.90. The summed E-state index contributed by atoms with van der Waals surface area (Å²) in [5.74, 6) is -1.16. The normalized spacial score (nSPS) is 17.8. The Kier molecular flexibility index (Phi) is 7.55. The molecule has 8 rings (SSSR count). The third-order valence-electron chi connectivity index (χ3n) is 9.90. The molecule has 1 saturated heterocycles. The van der Waals surface area contributed by atoms with E-state index in [1.807, 2.05) is 17.9 Å². The van der Waals surface area contributed by atoms with Crippen LogP contribution in [0.2, 0.25) is 0 Å². The molecule has 0 unspecified atom stereocenters. The summed E-state index contributed by atoms with van der Waals surface area (Å²) in [5.41, 5.74) is 4.23. The SMILES string of the molecule is C[C@H](c1ccc(C#N)cn1)N1C(=O)C(C)(C)Oc2cc(-c3c4c(nc(CCc5ccc(F)cc5)c3-c3n[nH]c(=O)o3)[C@H]3CCCN3C4=O)ccc21. The first-order valence-corrected chi connectivity index (χ1v) is 16.7. The number of pyridine rings is 2. The first-order valence-electron chi connectivity index (χ1n) is 16.7. The molecule has 0 bridgehead atoms. The molecule has 0 saturated carbocycles. The van der Waals surface area contributed by atoms with Gasteiger partial charge in [-0.3, -0.25) is 24.5 Å². The van der Waals surface area contributed by atoms with E-state index in [0.29, 0.717) is 75.7 Å². The van der Waals surface area contributed by atoms with Gasteiger partial charge in [0.2, 0.25) is 0 Å². The summed E-state index contributed by atoms with van der Waals surface area (Å²) >= 11 is 0. The van der Waals surface area contributed by atoms with Gasteiger partial charge in [0.1, 0.15) is 17.6 Å². The predicted octanol–water partition coefficient (Wildman–Crippen LogP) is 5.84. The summed E-state index contributed by atoms with van der Waals surface area (Å²) in [6, 6.07) is 16.3. The maximum absolute atomic E-state index is 14.2. The van der Waals surface area contributed by atoms with Gasteiger partial charge in [-0.1, -0.05) is 18.2 Å². The number of aromatic amines is 1. The molecular formula is C38H32FN7O5. The van der Waals surface area contributed by atoms with E-state index in [1.165, 1.54) is 18.3 Å². The van der Waals surface area contributed by atoms with E-state index in [-0.39, 0.29) is 29.6 Å². The van der Waals surface area contributed by atoms with E-state index in [9.17, 15) is 24.0 Å². The van der Waals surface area contributed by atoms with Gasteiger partial charge in [-0.2, -0.15) is 5.26 Å². The lowest BCUT2D eigenvalue weighted by Crippen LogP contribution is -2.53. The molecule has 51 heavy (non-hydrogen) atoms. The van der Waals surface area contributed by atoms with Gasteiger partial charge < -0.3 is 14.1 Å². The number of aryl methyl sites for hydroxylation is 2. The number of nitriles is 1. The largest absolute Gasteiger partial charge is 0.476 e. The Morgan fingerprint density at radius 3 is 2.57 bits per heavy atom. The average Bonchev–Trinajstić information content (AvgIpc) is 3.85. The van der Waals surface area contributed by atoms with Crippen LogP contribution in [0, 0.1) is 17.1 Å². The number of nitrogens with zero attached hydrogens (tertiary/aromatic N) is 6. The van der Waals surface area contributed by atoms with Gasteiger partial charge >= 0.3 is 5.76 Å². The van der Waals surface area contributed by atoms with Crippen LogP contribution in [0.5, 0.6) is 5.75 Å². The number of halogens is 1. The van der Waals surface area contributed by atoms with Crippen LogP contribution in [0.15, 0.2) is 70.0 Å². The molecule has 0 aliphatic carbocycles. The maximum atomic E-state index is 14.2. The van der Waals surface area contributed by atoms with Crippen molar-refractivity contribution < 1.29 is 23.1 Å². The minimum absolute atomic E-state index is 0.0180. The minimum Gasteiger partial charge on any atom is -0.476 e. The highest BCUT2D eigenvalue weighted by Gasteiger charge is 2.46. The Balaban J connectivity index is 1.31. The van der Waals surface area contributed by atoms with Crippen LogP contribution in [-0.2, 0) is 17.6 Å². The smallest absolute Gasteiger partial charge is 0.434 e. The second-order valence-electron chi connectivity index (χ2n) is 13.5. The molecule has 2 amide bonds. The Bertz CT molecular complexity index is 2320. The number of ether oxygens (including phenoxy) is 1. The first kappa shape index (κ1) is 32.1. The fourth-order valence-corrected chi connectivity index (χ4v) is 7.40. The van der Waals surface area contributed by atoms with Crippen LogP contribution in [0.4, 0.5) is 10.1 Å². The van der Waals surface area contributed by atoms with E-state index in [1.54, 1.807) is 55.1 Å². The quantitative estimate of drug-likeness (QED) is 0.222. The highest BCUT2D eigenvalue weighted by atomic mass is 19.1. The number of nitrogens with one attached hydrogen (secondary N) is 1. The number of benzene rings is 2. The molecule has 0 radical (unpaired) electrons. The van der Waals surface area contributed by atoms with Gasteiger partial charge in [0.15, 0.2) is 5.60 Å². The summed E-state index contributed by atoms with van der Waals surface area (Å²) < 4.78 is 25.6. The number of hydrogen-bond donors (Lipinski definition) is 1. The van der Waals surface area contributed by atoms with E-state index >= 15 is 0 Å². The molecular weight excluding hydrogens is 653 g/mol. The zero-order chi connectivity index (χ0) is 35.6. The van der Waals surface area contributed by atoms with Crippen LogP contribution < -0.4 is 15.4 Å². The van der Waals surface area contributed by atoms with Crippen molar-refractivity contribution in [2.24, 2.45) is 0 Å². The lowest BCUT2D eigenvalue weighted by molar-refractivity contribution is -0.133. The van der Waals surface area contributed by atoms with Crippen LogP contribution in [0.25, 0.3) is 22.6 Å². The van der Waals surface area contributed by atoms with Crippen LogP contribution in [0.1, 0.15) is 84.3 Å². The van der Waals surface area contributed by atoms with Crippen molar-refractivity contribution in [2.45, 2.75) is 64.1 Å². The molecule has 1 N–H and O–H groups in total. The Morgan fingerprint density at radius 2 is 1.86 bits per heavy atom. The Morgan fingerprint density at radius 1 is 1.06 bits per heavy atom. The second kappa shape index (κ2) is 12.0. The molecule has 2 aromatic carbocycles. The van der Waals surface area contributed by atoms with E-state index < -0.39 is 17.4 Å². The summed E-state index contributed by atoms with van der Waals surface area (Å²) in [6.45, 7) is 5.84. The number of aromatic nitrogens is 4. The van der Waals surface area contributed by atoms with Crippen molar-refractivity contribution in [2.75, 3.05) is 11.4 Å². The maximum Gasteiger partial charge on any atom is 0.434 e. The molecule has 13 heteroatoms. The monoisotopic (exact) mass is 685 g/mol.